The van der Waals surface area contributed by atoms with Crippen molar-refractivity contribution in [3.8, 4) is 0 Å². The number of aryl methyl sites for hydroxylation is 1. The Bertz CT molecular complexity index is 624. The van der Waals surface area contributed by atoms with Crippen LogP contribution in [0.2, 0.25) is 0 Å². The Labute approximate surface area is 127 Å². The molecule has 2 aromatic rings. The molecule has 0 aliphatic carbocycles. The maximum atomic E-state index is 9.49. The molecule has 4 nitrogen and oxygen atoms in total. The molecule has 2 rings (SSSR count). The van der Waals surface area contributed by atoms with Crippen LogP contribution in [0.4, 0.5) is 17.2 Å². The SMILES string of the molecule is Cc1nc(Nc2ccc(C(C)O)cc2)c(N)c(C)c1Br. The fraction of sp³-hybridized carbons (Fsp3) is 0.267. The van der Waals surface area contributed by atoms with Gasteiger partial charge in [-0.1, -0.05) is 12.1 Å². The van der Waals surface area contributed by atoms with Gasteiger partial charge in [0.2, 0.25) is 0 Å². The van der Waals surface area contributed by atoms with Crippen molar-refractivity contribution in [2.45, 2.75) is 26.9 Å². The minimum Gasteiger partial charge on any atom is -0.395 e. The highest BCUT2D eigenvalue weighted by Gasteiger charge is 2.11. The first kappa shape index (κ1) is 14.8. The summed E-state index contributed by atoms with van der Waals surface area (Å²) in [5.41, 5.74) is 10.3. The van der Waals surface area contributed by atoms with Crippen molar-refractivity contribution in [3.05, 3.63) is 45.6 Å². The zero-order chi connectivity index (χ0) is 14.9. The number of aliphatic hydroxyl groups excluding tert-OH is 1. The molecule has 0 fully saturated rings. The number of aromatic nitrogens is 1. The Balaban J connectivity index is 2.30. The summed E-state index contributed by atoms with van der Waals surface area (Å²) in [4.78, 5) is 4.45. The summed E-state index contributed by atoms with van der Waals surface area (Å²) in [6, 6.07) is 7.55. The van der Waals surface area contributed by atoms with Gasteiger partial charge in [-0.3, -0.25) is 0 Å². The van der Waals surface area contributed by atoms with E-state index < -0.39 is 6.10 Å². The molecule has 4 N–H and O–H groups in total. The minimum atomic E-state index is -0.468. The van der Waals surface area contributed by atoms with Crippen molar-refractivity contribution in [3.63, 3.8) is 0 Å². The van der Waals surface area contributed by atoms with Crippen molar-refractivity contribution in [1.82, 2.24) is 4.98 Å². The number of nitrogens with two attached hydrogens (primary N) is 1. The van der Waals surface area contributed by atoms with Gasteiger partial charge >= 0.3 is 0 Å². The lowest BCUT2D eigenvalue weighted by Crippen LogP contribution is -2.04. The monoisotopic (exact) mass is 335 g/mol. The van der Waals surface area contributed by atoms with Crippen LogP contribution < -0.4 is 11.1 Å². The van der Waals surface area contributed by atoms with E-state index in [1.54, 1.807) is 6.92 Å². The van der Waals surface area contributed by atoms with E-state index in [2.05, 4.69) is 26.2 Å². The number of pyridine rings is 1. The molecule has 0 radical (unpaired) electrons. The van der Waals surface area contributed by atoms with E-state index >= 15 is 0 Å². The van der Waals surface area contributed by atoms with Gasteiger partial charge in [0, 0.05) is 10.2 Å². The second-order valence-corrected chi connectivity index (χ2v) is 5.61. The third-order valence-electron chi connectivity index (χ3n) is 3.24. The van der Waals surface area contributed by atoms with Gasteiger partial charge in [-0.05, 0) is 60.0 Å². The fourth-order valence-electron chi connectivity index (χ4n) is 1.92. The lowest BCUT2D eigenvalue weighted by molar-refractivity contribution is 0.199. The van der Waals surface area contributed by atoms with Crippen LogP contribution >= 0.6 is 15.9 Å². The van der Waals surface area contributed by atoms with Crippen LogP contribution in [-0.4, -0.2) is 10.1 Å². The molecule has 0 aliphatic rings. The molecule has 1 atom stereocenters. The van der Waals surface area contributed by atoms with E-state index in [1.807, 2.05) is 38.1 Å². The smallest absolute Gasteiger partial charge is 0.154 e. The van der Waals surface area contributed by atoms with Gasteiger partial charge in [-0.15, -0.1) is 0 Å². The van der Waals surface area contributed by atoms with Crippen LogP contribution in [0.25, 0.3) is 0 Å². The Morgan fingerprint density at radius 3 is 2.40 bits per heavy atom. The Kier molecular flexibility index (Phi) is 4.30. The van der Waals surface area contributed by atoms with Crippen LogP contribution in [0, 0.1) is 13.8 Å². The first-order valence-corrected chi connectivity index (χ1v) is 7.16. The number of nitrogens with zero attached hydrogens (tertiary/aromatic N) is 1. The van der Waals surface area contributed by atoms with Gasteiger partial charge in [-0.2, -0.15) is 0 Å². The predicted octanol–water partition coefficient (Wildman–Crippen LogP) is 3.84. The van der Waals surface area contributed by atoms with Crippen molar-refractivity contribution >= 4 is 33.1 Å². The number of anilines is 3. The number of aliphatic hydroxyl groups is 1. The molecule has 5 heteroatoms. The molecule has 0 saturated heterocycles. The summed E-state index contributed by atoms with van der Waals surface area (Å²) in [6.45, 7) is 5.62. The predicted molar refractivity (Wildman–Crippen MR) is 86.2 cm³/mol. The summed E-state index contributed by atoms with van der Waals surface area (Å²) in [5.74, 6) is 0.646. The second kappa shape index (κ2) is 5.81. The van der Waals surface area contributed by atoms with Gasteiger partial charge in [0.05, 0.1) is 17.5 Å². The molecule has 0 aliphatic heterocycles. The maximum Gasteiger partial charge on any atom is 0.154 e. The number of nitrogen functional groups attached to an aromatic ring is 1. The topological polar surface area (TPSA) is 71.2 Å². The molecule has 106 valence electrons. The number of halogens is 1. The minimum absolute atomic E-state index is 0.468. The van der Waals surface area contributed by atoms with Crippen molar-refractivity contribution in [1.29, 1.82) is 0 Å². The largest absolute Gasteiger partial charge is 0.395 e. The van der Waals surface area contributed by atoms with Gasteiger partial charge in [-0.25, -0.2) is 4.98 Å². The van der Waals surface area contributed by atoms with Crippen molar-refractivity contribution in [2.75, 3.05) is 11.1 Å². The van der Waals surface area contributed by atoms with E-state index in [9.17, 15) is 5.11 Å². The van der Waals surface area contributed by atoms with Crippen LogP contribution in [0.3, 0.4) is 0 Å². The first-order chi connectivity index (χ1) is 9.40. The average molecular weight is 336 g/mol. The molecular weight excluding hydrogens is 318 g/mol. The number of rotatable bonds is 3. The molecule has 1 unspecified atom stereocenters. The van der Waals surface area contributed by atoms with Crippen LogP contribution in [0.5, 0.6) is 0 Å². The molecule has 0 spiro atoms. The highest BCUT2D eigenvalue weighted by atomic mass is 79.9. The molecule has 1 heterocycles. The van der Waals surface area contributed by atoms with E-state index in [4.69, 9.17) is 5.73 Å². The maximum absolute atomic E-state index is 9.49. The number of hydrogen-bond donors (Lipinski definition) is 3. The first-order valence-electron chi connectivity index (χ1n) is 6.37. The standard InChI is InChI=1S/C15H18BrN3O/c1-8-13(16)9(2)18-15(14(8)17)19-12-6-4-11(5-7-12)10(3)20/h4-7,10,20H,17H2,1-3H3,(H,18,19). The number of benzene rings is 1. The molecule has 0 saturated carbocycles. The molecule has 20 heavy (non-hydrogen) atoms. The van der Waals surface area contributed by atoms with E-state index in [0.29, 0.717) is 11.5 Å². The summed E-state index contributed by atoms with van der Waals surface area (Å²) in [6.07, 6.45) is -0.468. The van der Waals surface area contributed by atoms with Crippen LogP contribution in [0.1, 0.15) is 29.8 Å². The molecule has 1 aromatic heterocycles. The fourth-order valence-corrected chi connectivity index (χ4v) is 2.22. The van der Waals surface area contributed by atoms with Crippen molar-refractivity contribution < 1.29 is 5.11 Å². The van der Waals surface area contributed by atoms with Crippen LogP contribution in [0.15, 0.2) is 28.7 Å². The van der Waals surface area contributed by atoms with Gasteiger partial charge in [0.15, 0.2) is 5.82 Å². The molecular formula is C15H18BrN3O. The molecule has 1 aromatic carbocycles. The highest BCUT2D eigenvalue weighted by molar-refractivity contribution is 9.10. The summed E-state index contributed by atoms with van der Waals surface area (Å²) < 4.78 is 0.935. The number of nitrogens with one attached hydrogen (secondary N) is 1. The lowest BCUT2D eigenvalue weighted by atomic mass is 10.1. The summed E-state index contributed by atoms with van der Waals surface area (Å²) >= 11 is 3.48. The van der Waals surface area contributed by atoms with Crippen molar-refractivity contribution in [2.24, 2.45) is 0 Å². The highest BCUT2D eigenvalue weighted by Crippen LogP contribution is 2.31. The van der Waals surface area contributed by atoms with E-state index in [-0.39, 0.29) is 0 Å². The number of hydrogen-bond acceptors (Lipinski definition) is 4. The summed E-state index contributed by atoms with van der Waals surface area (Å²) in [5, 5.41) is 12.7. The Hall–Kier alpha value is -1.59. The quantitative estimate of drug-likeness (QED) is 0.796. The van der Waals surface area contributed by atoms with E-state index in [1.165, 1.54) is 0 Å². The third kappa shape index (κ3) is 2.94. The van der Waals surface area contributed by atoms with Gasteiger partial charge < -0.3 is 16.2 Å². The lowest BCUT2D eigenvalue weighted by Gasteiger charge is -2.14. The zero-order valence-corrected chi connectivity index (χ0v) is 13.3. The Morgan fingerprint density at radius 2 is 1.85 bits per heavy atom. The molecule has 0 bridgehead atoms. The van der Waals surface area contributed by atoms with Gasteiger partial charge in [0.1, 0.15) is 0 Å². The Morgan fingerprint density at radius 1 is 1.25 bits per heavy atom. The van der Waals surface area contributed by atoms with E-state index in [0.717, 1.165) is 27.0 Å². The third-order valence-corrected chi connectivity index (χ3v) is 4.41. The average Bonchev–Trinajstić information content (AvgIpc) is 2.43. The molecule has 0 amide bonds. The van der Waals surface area contributed by atoms with Gasteiger partial charge in [0.25, 0.3) is 0 Å². The van der Waals surface area contributed by atoms with Crippen LogP contribution in [-0.2, 0) is 0 Å². The normalized spacial score (nSPS) is 12.2. The summed E-state index contributed by atoms with van der Waals surface area (Å²) in [7, 11) is 0. The zero-order valence-electron chi connectivity index (χ0n) is 11.7. The second-order valence-electron chi connectivity index (χ2n) is 4.82.